The van der Waals surface area contributed by atoms with Gasteiger partial charge in [0.1, 0.15) is 11.3 Å². The summed E-state index contributed by atoms with van der Waals surface area (Å²) in [5, 5.41) is 3.54. The molecule has 2 amide bonds. The zero-order chi connectivity index (χ0) is 25.4. The molecule has 2 aromatic rings. The number of nitrogens with one attached hydrogen (secondary N) is 1. The molecule has 1 saturated carbocycles. The van der Waals surface area contributed by atoms with Crippen LogP contribution < -0.4 is 5.32 Å². The summed E-state index contributed by atoms with van der Waals surface area (Å²) in [6.07, 6.45) is -0.660. The highest BCUT2D eigenvalue weighted by atomic mass is 32.1. The smallest absolute Gasteiger partial charge is 0.416 e. The third-order valence-corrected chi connectivity index (χ3v) is 7.26. The summed E-state index contributed by atoms with van der Waals surface area (Å²) < 4.78 is 45.4. The van der Waals surface area contributed by atoms with Gasteiger partial charge in [-0.05, 0) is 70.6 Å². The summed E-state index contributed by atoms with van der Waals surface area (Å²) in [4.78, 5) is 32.7. The van der Waals surface area contributed by atoms with Crippen LogP contribution in [0.15, 0.2) is 24.3 Å². The Labute approximate surface area is 206 Å². The molecule has 4 rings (SSSR count). The molecule has 35 heavy (non-hydrogen) atoms. The minimum Gasteiger partial charge on any atom is -0.444 e. The standard InChI is InChI=1S/C25H30F3N3O3S/c1-24(2,3)34-23(33)29-14-18-9-4-5-12-31(18)22(32)19-20(35-21(30-19)15-10-11-15)16-7-6-8-17(13-16)25(26,27)28/h6-8,13,15,18H,4-5,9-12,14H2,1-3H3,(H,29,33)/t18-/m0/s1. The molecule has 1 atom stereocenters. The van der Waals surface area contributed by atoms with Gasteiger partial charge < -0.3 is 15.0 Å². The molecule has 1 aromatic heterocycles. The molecule has 2 aliphatic rings. The first-order chi connectivity index (χ1) is 16.4. The number of hydrogen-bond donors (Lipinski definition) is 1. The number of amides is 2. The Balaban J connectivity index is 1.60. The van der Waals surface area contributed by atoms with Gasteiger partial charge >= 0.3 is 12.3 Å². The normalized spacial score (nSPS) is 18.9. The molecule has 2 heterocycles. The van der Waals surface area contributed by atoms with Crippen molar-refractivity contribution in [1.82, 2.24) is 15.2 Å². The van der Waals surface area contributed by atoms with Crippen molar-refractivity contribution in [2.24, 2.45) is 0 Å². The van der Waals surface area contributed by atoms with E-state index in [4.69, 9.17) is 4.74 Å². The molecule has 10 heteroatoms. The topological polar surface area (TPSA) is 71.5 Å². The number of ether oxygens (including phenoxy) is 1. The van der Waals surface area contributed by atoms with E-state index >= 15 is 0 Å². The second-order valence-electron chi connectivity index (χ2n) is 10.1. The minimum atomic E-state index is -4.48. The van der Waals surface area contributed by atoms with Crippen LogP contribution in [-0.2, 0) is 10.9 Å². The van der Waals surface area contributed by atoms with Gasteiger partial charge in [0.25, 0.3) is 5.91 Å². The van der Waals surface area contributed by atoms with E-state index in [2.05, 4.69) is 10.3 Å². The highest BCUT2D eigenvalue weighted by Crippen LogP contribution is 2.45. The van der Waals surface area contributed by atoms with E-state index in [0.717, 1.165) is 42.8 Å². The fraction of sp³-hybridized carbons (Fsp3) is 0.560. The van der Waals surface area contributed by atoms with Gasteiger partial charge in [0.05, 0.1) is 15.4 Å². The number of alkyl carbamates (subject to hydrolysis) is 1. The lowest BCUT2D eigenvalue weighted by atomic mass is 10.0. The summed E-state index contributed by atoms with van der Waals surface area (Å²) in [6, 6.07) is 4.81. The summed E-state index contributed by atoms with van der Waals surface area (Å²) >= 11 is 1.30. The van der Waals surface area contributed by atoms with Gasteiger partial charge in [-0.1, -0.05) is 12.1 Å². The molecule has 1 aliphatic heterocycles. The third kappa shape index (κ3) is 6.34. The number of carbonyl (C=O) groups excluding carboxylic acids is 2. The SMILES string of the molecule is CC(C)(C)OC(=O)NC[C@@H]1CCCCN1C(=O)c1nc(C2CC2)sc1-c1cccc(C(F)(F)F)c1. The summed E-state index contributed by atoms with van der Waals surface area (Å²) in [5.74, 6) is -0.0478. The van der Waals surface area contributed by atoms with Gasteiger partial charge in [-0.25, -0.2) is 9.78 Å². The van der Waals surface area contributed by atoms with Crippen LogP contribution in [0, 0.1) is 0 Å². The van der Waals surface area contributed by atoms with Crippen LogP contribution in [0.1, 0.15) is 79.9 Å². The molecule has 0 bridgehead atoms. The molecule has 1 aromatic carbocycles. The second-order valence-corrected chi connectivity index (χ2v) is 11.1. The maximum Gasteiger partial charge on any atom is 0.416 e. The van der Waals surface area contributed by atoms with E-state index in [1.807, 2.05) is 0 Å². The Hall–Kier alpha value is -2.62. The maximum absolute atomic E-state index is 13.7. The number of hydrogen-bond acceptors (Lipinski definition) is 5. The summed E-state index contributed by atoms with van der Waals surface area (Å²) in [6.45, 7) is 6.06. The van der Waals surface area contributed by atoms with Crippen molar-refractivity contribution in [2.75, 3.05) is 13.1 Å². The monoisotopic (exact) mass is 509 g/mol. The van der Waals surface area contributed by atoms with Crippen molar-refractivity contribution in [2.45, 2.75) is 76.6 Å². The number of thiazole rings is 1. The van der Waals surface area contributed by atoms with E-state index in [0.29, 0.717) is 23.4 Å². The summed E-state index contributed by atoms with van der Waals surface area (Å²) in [7, 11) is 0. The van der Waals surface area contributed by atoms with Gasteiger partial charge in [0.15, 0.2) is 0 Å². The van der Waals surface area contributed by atoms with Crippen LogP contribution in [0.3, 0.4) is 0 Å². The second kappa shape index (κ2) is 9.79. The van der Waals surface area contributed by atoms with Crippen LogP contribution in [0.2, 0.25) is 0 Å². The largest absolute Gasteiger partial charge is 0.444 e. The molecule has 1 saturated heterocycles. The maximum atomic E-state index is 13.7. The van der Waals surface area contributed by atoms with Crippen LogP contribution >= 0.6 is 11.3 Å². The van der Waals surface area contributed by atoms with Gasteiger partial charge in [-0.2, -0.15) is 13.2 Å². The number of halogens is 3. The molecule has 1 aliphatic carbocycles. The lowest BCUT2D eigenvalue weighted by Gasteiger charge is -2.35. The Morgan fingerprint density at radius 2 is 1.91 bits per heavy atom. The molecule has 0 radical (unpaired) electrons. The van der Waals surface area contributed by atoms with Gasteiger partial charge in [0, 0.05) is 25.0 Å². The highest BCUT2D eigenvalue weighted by molar-refractivity contribution is 7.15. The molecule has 6 nitrogen and oxygen atoms in total. The first-order valence-corrected chi connectivity index (χ1v) is 12.7. The minimum absolute atomic E-state index is 0.195. The Bertz CT molecular complexity index is 1090. The number of nitrogens with zero attached hydrogens (tertiary/aromatic N) is 2. The molecule has 190 valence electrons. The average molecular weight is 510 g/mol. The van der Waals surface area contributed by atoms with Gasteiger partial charge in [0.2, 0.25) is 0 Å². The fourth-order valence-corrected chi connectivity index (χ4v) is 5.37. The Morgan fingerprint density at radius 1 is 1.17 bits per heavy atom. The van der Waals surface area contributed by atoms with E-state index in [1.54, 1.807) is 31.7 Å². The quantitative estimate of drug-likeness (QED) is 0.519. The summed E-state index contributed by atoms with van der Waals surface area (Å²) in [5.41, 5.74) is -0.855. The molecule has 1 N–H and O–H groups in total. The first kappa shape index (κ1) is 25.5. The lowest BCUT2D eigenvalue weighted by molar-refractivity contribution is -0.137. The van der Waals surface area contributed by atoms with Crippen molar-refractivity contribution in [3.05, 3.63) is 40.5 Å². The fourth-order valence-electron chi connectivity index (χ4n) is 4.15. The van der Waals surface area contributed by atoms with E-state index in [1.165, 1.54) is 17.4 Å². The number of aromatic nitrogens is 1. The molecule has 0 spiro atoms. The van der Waals surface area contributed by atoms with Crippen molar-refractivity contribution in [3.8, 4) is 10.4 Å². The van der Waals surface area contributed by atoms with Crippen LogP contribution in [0.25, 0.3) is 10.4 Å². The third-order valence-electron chi connectivity index (χ3n) is 5.99. The van der Waals surface area contributed by atoms with Gasteiger partial charge in [-0.15, -0.1) is 11.3 Å². The number of likely N-dealkylation sites (tertiary alicyclic amines) is 1. The average Bonchev–Trinajstić information content (AvgIpc) is 3.54. The number of rotatable bonds is 5. The van der Waals surface area contributed by atoms with E-state index in [-0.39, 0.29) is 30.1 Å². The number of benzene rings is 1. The zero-order valence-electron chi connectivity index (χ0n) is 20.1. The Kier molecular flexibility index (Phi) is 7.13. The van der Waals surface area contributed by atoms with Crippen molar-refractivity contribution in [1.29, 1.82) is 0 Å². The number of alkyl halides is 3. The number of carbonyl (C=O) groups is 2. The van der Waals surface area contributed by atoms with Crippen molar-refractivity contribution >= 4 is 23.3 Å². The van der Waals surface area contributed by atoms with Crippen molar-refractivity contribution in [3.63, 3.8) is 0 Å². The first-order valence-electron chi connectivity index (χ1n) is 11.9. The Morgan fingerprint density at radius 3 is 2.57 bits per heavy atom. The number of piperidine rings is 1. The van der Waals surface area contributed by atoms with E-state index in [9.17, 15) is 22.8 Å². The predicted octanol–water partition coefficient (Wildman–Crippen LogP) is 6.23. The highest BCUT2D eigenvalue weighted by Gasteiger charge is 2.36. The lowest BCUT2D eigenvalue weighted by Crippen LogP contribution is -2.50. The molecular weight excluding hydrogens is 479 g/mol. The van der Waals surface area contributed by atoms with E-state index < -0.39 is 23.4 Å². The van der Waals surface area contributed by atoms with Crippen LogP contribution in [-0.4, -0.2) is 46.6 Å². The van der Waals surface area contributed by atoms with Crippen molar-refractivity contribution < 1.29 is 27.5 Å². The molecule has 0 unspecified atom stereocenters. The van der Waals surface area contributed by atoms with Crippen LogP contribution in [0.5, 0.6) is 0 Å². The molecular formula is C25H30F3N3O3S. The predicted molar refractivity (Wildman–Crippen MR) is 127 cm³/mol. The zero-order valence-corrected chi connectivity index (χ0v) is 20.9. The molecule has 2 fully saturated rings. The van der Waals surface area contributed by atoms with Crippen LogP contribution in [0.4, 0.5) is 18.0 Å². The van der Waals surface area contributed by atoms with Gasteiger partial charge in [-0.3, -0.25) is 4.79 Å².